The molecule has 2 aromatic carbocycles. The lowest BCUT2D eigenvalue weighted by Crippen LogP contribution is -2.46. The third-order valence-electron chi connectivity index (χ3n) is 6.11. The fourth-order valence-corrected chi connectivity index (χ4v) is 4.29. The number of amides is 2. The summed E-state index contributed by atoms with van der Waals surface area (Å²) in [5.41, 5.74) is 0.397. The molecule has 0 bridgehead atoms. The van der Waals surface area contributed by atoms with Crippen LogP contribution in [0.1, 0.15) is 35.4 Å². The minimum atomic E-state index is -4.70. The van der Waals surface area contributed by atoms with Gasteiger partial charge in [-0.3, -0.25) is 14.9 Å². The van der Waals surface area contributed by atoms with Crippen molar-refractivity contribution in [3.63, 3.8) is 0 Å². The molecule has 4 rings (SSSR count). The van der Waals surface area contributed by atoms with Gasteiger partial charge in [0.15, 0.2) is 17.5 Å². The zero-order chi connectivity index (χ0) is 27.4. The van der Waals surface area contributed by atoms with E-state index in [0.717, 1.165) is 4.57 Å². The number of rotatable bonds is 9. The van der Waals surface area contributed by atoms with Crippen LogP contribution in [0.2, 0.25) is 0 Å². The summed E-state index contributed by atoms with van der Waals surface area (Å²) >= 11 is 0. The van der Waals surface area contributed by atoms with Crippen LogP contribution in [0.5, 0.6) is 0 Å². The second-order valence-corrected chi connectivity index (χ2v) is 8.66. The van der Waals surface area contributed by atoms with Gasteiger partial charge in [0.1, 0.15) is 12.0 Å². The van der Waals surface area contributed by atoms with Crippen LogP contribution in [0.25, 0.3) is 0 Å². The molecule has 1 aromatic heterocycles. The van der Waals surface area contributed by atoms with Crippen molar-refractivity contribution in [1.82, 2.24) is 30.3 Å². The predicted molar refractivity (Wildman–Crippen MR) is 120 cm³/mol. The van der Waals surface area contributed by atoms with E-state index in [4.69, 9.17) is 0 Å². The Balaban J connectivity index is 1.56. The van der Waals surface area contributed by atoms with Crippen LogP contribution < -0.4 is 10.6 Å². The first-order valence-corrected chi connectivity index (χ1v) is 11.5. The van der Waals surface area contributed by atoms with E-state index in [-0.39, 0.29) is 43.9 Å². The van der Waals surface area contributed by atoms with Crippen LogP contribution in [0.4, 0.5) is 26.3 Å². The first-order chi connectivity index (χ1) is 18.1. The molecule has 0 saturated carbocycles. The molecule has 8 nitrogen and oxygen atoms in total. The molecule has 2 heterocycles. The summed E-state index contributed by atoms with van der Waals surface area (Å²) in [5, 5.41) is 12.3. The summed E-state index contributed by atoms with van der Waals surface area (Å²) in [6.07, 6.45) is -5.65. The van der Waals surface area contributed by atoms with Crippen LogP contribution in [0.3, 0.4) is 0 Å². The Kier molecular flexibility index (Phi) is 7.99. The van der Waals surface area contributed by atoms with Gasteiger partial charge in [0.2, 0.25) is 18.1 Å². The van der Waals surface area contributed by atoms with Gasteiger partial charge in [0.05, 0.1) is 6.54 Å². The maximum atomic E-state index is 14.4. The molecule has 38 heavy (non-hydrogen) atoms. The van der Waals surface area contributed by atoms with E-state index in [0.29, 0.717) is 24.1 Å². The van der Waals surface area contributed by atoms with Crippen molar-refractivity contribution in [3.8, 4) is 0 Å². The number of carbonyl (C=O) groups is 2. The van der Waals surface area contributed by atoms with E-state index in [9.17, 15) is 35.9 Å². The van der Waals surface area contributed by atoms with E-state index in [1.54, 1.807) is 30.3 Å². The van der Waals surface area contributed by atoms with Gasteiger partial charge in [-0.05, 0) is 23.6 Å². The number of benzene rings is 2. The average molecular weight is 540 g/mol. The number of carbonyl (C=O) groups excluding carboxylic acids is 2. The molecule has 0 unspecified atom stereocenters. The number of fused-ring (bicyclic) bond motifs is 1. The van der Waals surface area contributed by atoms with Gasteiger partial charge >= 0.3 is 6.18 Å². The molecular weight excluding hydrogens is 518 g/mol. The molecule has 1 aliphatic heterocycles. The van der Waals surface area contributed by atoms with Gasteiger partial charge in [-0.2, -0.15) is 13.2 Å². The van der Waals surface area contributed by atoms with Crippen molar-refractivity contribution >= 4 is 12.3 Å². The molecule has 2 amide bonds. The summed E-state index contributed by atoms with van der Waals surface area (Å²) in [7, 11) is 0. The standard InChI is InChI=1S/C24H22F6N6O2/c25-17-11-19(27)18(26)9-15(17)8-16(32-22(31-13-37)14-4-2-1-3-5-14)10-21(38)35-6-7-36-20(12-35)33-34-23(36)24(28,29)30/h1-5,9,11,13,16,22,32H,6-8,10,12H2,(H,31,37)/t16-,22+/m1/s1. The highest BCUT2D eigenvalue weighted by atomic mass is 19.4. The lowest BCUT2D eigenvalue weighted by Gasteiger charge is -2.31. The van der Waals surface area contributed by atoms with Crippen LogP contribution in [0, 0.1) is 17.5 Å². The molecule has 202 valence electrons. The highest BCUT2D eigenvalue weighted by molar-refractivity contribution is 5.77. The van der Waals surface area contributed by atoms with Gasteiger partial charge < -0.3 is 14.8 Å². The molecule has 2 atom stereocenters. The predicted octanol–water partition coefficient (Wildman–Crippen LogP) is 3.09. The number of aromatic nitrogens is 3. The van der Waals surface area contributed by atoms with Crippen molar-refractivity contribution < 1.29 is 35.9 Å². The van der Waals surface area contributed by atoms with Crippen LogP contribution >= 0.6 is 0 Å². The molecule has 1 aliphatic rings. The Morgan fingerprint density at radius 1 is 1.03 bits per heavy atom. The number of hydrogen-bond acceptors (Lipinski definition) is 5. The molecule has 0 aliphatic carbocycles. The first-order valence-electron chi connectivity index (χ1n) is 11.5. The summed E-state index contributed by atoms with van der Waals surface area (Å²) in [4.78, 5) is 25.7. The lowest BCUT2D eigenvalue weighted by atomic mass is 10.00. The van der Waals surface area contributed by atoms with E-state index in [1.807, 2.05) is 0 Å². The normalized spacial score (nSPS) is 15.1. The molecular formula is C24H22F6N6O2. The number of nitrogens with zero attached hydrogens (tertiary/aromatic N) is 4. The third kappa shape index (κ3) is 6.13. The van der Waals surface area contributed by atoms with Crippen LogP contribution in [-0.4, -0.2) is 44.6 Å². The zero-order valence-corrected chi connectivity index (χ0v) is 19.7. The van der Waals surface area contributed by atoms with Gasteiger partial charge in [0, 0.05) is 31.6 Å². The Morgan fingerprint density at radius 2 is 1.74 bits per heavy atom. The smallest absolute Gasteiger partial charge is 0.339 e. The summed E-state index contributed by atoms with van der Waals surface area (Å²) in [6, 6.07) is 8.76. The topological polar surface area (TPSA) is 92.2 Å². The van der Waals surface area contributed by atoms with Crippen molar-refractivity contribution in [1.29, 1.82) is 0 Å². The number of nitrogens with one attached hydrogen (secondary N) is 2. The lowest BCUT2D eigenvalue weighted by molar-refractivity contribution is -0.148. The first kappa shape index (κ1) is 27.1. The molecule has 0 fully saturated rings. The second kappa shape index (κ2) is 11.2. The molecule has 14 heteroatoms. The molecule has 0 radical (unpaired) electrons. The third-order valence-corrected chi connectivity index (χ3v) is 6.11. The Hall–Kier alpha value is -3.94. The zero-order valence-electron chi connectivity index (χ0n) is 19.7. The van der Waals surface area contributed by atoms with Crippen molar-refractivity contribution in [2.24, 2.45) is 0 Å². The van der Waals surface area contributed by atoms with Crippen LogP contribution in [-0.2, 0) is 35.3 Å². The Morgan fingerprint density at radius 3 is 2.42 bits per heavy atom. The molecule has 2 N–H and O–H groups in total. The van der Waals surface area contributed by atoms with Gasteiger partial charge in [-0.25, -0.2) is 13.2 Å². The summed E-state index contributed by atoms with van der Waals surface area (Å²) in [6.45, 7) is -0.477. The van der Waals surface area contributed by atoms with E-state index in [1.165, 1.54) is 4.90 Å². The van der Waals surface area contributed by atoms with Crippen molar-refractivity contribution in [3.05, 3.63) is 82.7 Å². The van der Waals surface area contributed by atoms with E-state index >= 15 is 0 Å². The van der Waals surface area contributed by atoms with Crippen molar-refractivity contribution in [2.75, 3.05) is 6.54 Å². The quantitative estimate of drug-likeness (QED) is 0.188. The molecule has 3 aromatic rings. The minimum absolute atomic E-state index is 0.0436. The minimum Gasteiger partial charge on any atom is -0.339 e. The average Bonchev–Trinajstić information content (AvgIpc) is 3.31. The Bertz CT molecular complexity index is 1300. The second-order valence-electron chi connectivity index (χ2n) is 8.66. The van der Waals surface area contributed by atoms with Gasteiger partial charge in [-0.1, -0.05) is 30.3 Å². The van der Waals surface area contributed by atoms with Crippen LogP contribution in [0.15, 0.2) is 42.5 Å². The number of alkyl halides is 3. The molecule has 0 saturated heterocycles. The monoisotopic (exact) mass is 540 g/mol. The largest absolute Gasteiger partial charge is 0.451 e. The van der Waals surface area contributed by atoms with Crippen molar-refractivity contribution in [2.45, 2.75) is 44.3 Å². The van der Waals surface area contributed by atoms with Gasteiger partial charge in [-0.15, -0.1) is 10.2 Å². The molecule has 0 spiro atoms. The highest BCUT2D eigenvalue weighted by Crippen LogP contribution is 2.29. The number of halogens is 6. The maximum Gasteiger partial charge on any atom is 0.451 e. The SMILES string of the molecule is O=CN[C@@H](N[C@@H](CC(=O)N1CCn2c(nnc2C(F)(F)F)C1)Cc1cc(F)c(F)cc1F)c1ccccc1. The maximum absolute atomic E-state index is 14.4. The fraction of sp³-hybridized carbons (Fsp3) is 0.333. The number of hydrogen-bond donors (Lipinski definition) is 2. The summed E-state index contributed by atoms with van der Waals surface area (Å²) < 4.78 is 82.0. The van der Waals surface area contributed by atoms with E-state index < -0.39 is 47.6 Å². The fourth-order valence-electron chi connectivity index (χ4n) is 4.29. The van der Waals surface area contributed by atoms with Gasteiger partial charge in [0.25, 0.3) is 0 Å². The highest BCUT2D eigenvalue weighted by Gasteiger charge is 2.40. The van der Waals surface area contributed by atoms with E-state index in [2.05, 4.69) is 20.8 Å². The summed E-state index contributed by atoms with van der Waals surface area (Å²) in [5.74, 6) is -5.36. The Labute approximate surface area is 212 Å².